The second-order valence-electron chi connectivity index (χ2n) is 4.56. The fourth-order valence-electron chi connectivity index (χ4n) is 2.20. The van der Waals surface area contributed by atoms with Gasteiger partial charge in [-0.2, -0.15) is 0 Å². The molecule has 3 aromatic rings. The Morgan fingerprint density at radius 1 is 1.00 bits per heavy atom. The van der Waals surface area contributed by atoms with Gasteiger partial charge in [0.05, 0.1) is 0 Å². The summed E-state index contributed by atoms with van der Waals surface area (Å²) in [5.41, 5.74) is 9.38. The highest BCUT2D eigenvalue weighted by atomic mass is 32.1. The van der Waals surface area contributed by atoms with Crippen molar-refractivity contribution in [3.05, 3.63) is 63.6 Å². The Hall–Kier alpha value is -2.13. The molecule has 0 aliphatic heterocycles. The largest absolute Gasteiger partial charge is 0.399 e. The maximum atomic E-state index is 12.3. The van der Waals surface area contributed by atoms with E-state index < -0.39 is 0 Å². The van der Waals surface area contributed by atoms with Gasteiger partial charge in [0.15, 0.2) is 0 Å². The van der Waals surface area contributed by atoms with Crippen molar-refractivity contribution in [1.29, 1.82) is 0 Å². The summed E-state index contributed by atoms with van der Waals surface area (Å²) in [6.45, 7) is 2.02. The number of anilines is 1. The molecule has 94 valence electrons. The number of fused-ring (bicyclic) bond motifs is 1. The van der Waals surface area contributed by atoms with Gasteiger partial charge in [0.2, 0.25) is 4.74 Å². The molecule has 0 bridgehead atoms. The summed E-state index contributed by atoms with van der Waals surface area (Å²) in [5.74, 6) is 0. The summed E-state index contributed by atoms with van der Waals surface area (Å²) in [6.07, 6.45) is 0. The van der Waals surface area contributed by atoms with Crippen LogP contribution in [0.4, 0.5) is 5.69 Å². The Bertz CT molecular complexity index is 820. The van der Waals surface area contributed by atoms with Crippen LogP contribution in [0, 0.1) is 6.92 Å². The highest BCUT2D eigenvalue weighted by Gasteiger charge is 2.08. The molecule has 2 aromatic carbocycles. The minimum atomic E-state index is 0.0894. The van der Waals surface area contributed by atoms with E-state index in [4.69, 9.17) is 5.73 Å². The highest BCUT2D eigenvalue weighted by Crippen LogP contribution is 2.26. The third-order valence-electron chi connectivity index (χ3n) is 3.19. The Kier molecular flexibility index (Phi) is 2.84. The van der Waals surface area contributed by atoms with E-state index in [9.17, 15) is 4.79 Å². The Labute approximate surface area is 115 Å². The summed E-state index contributed by atoms with van der Waals surface area (Å²) in [6, 6.07) is 15.5. The first kappa shape index (κ1) is 11.9. The van der Waals surface area contributed by atoms with Crippen molar-refractivity contribution in [3.63, 3.8) is 0 Å². The molecule has 0 atom stereocenters. The number of hydrogen-bond acceptors (Lipinski definition) is 3. The summed E-state index contributed by atoms with van der Waals surface area (Å²) >= 11 is 1.27. The highest BCUT2D eigenvalue weighted by molar-refractivity contribution is 7.16. The summed E-state index contributed by atoms with van der Waals surface area (Å²) < 4.78 is 1.06. The maximum absolute atomic E-state index is 12.3. The molecule has 0 radical (unpaired) electrons. The van der Waals surface area contributed by atoms with Gasteiger partial charge in [-0.25, -0.2) is 0 Å². The van der Waals surface area contributed by atoms with Crippen LogP contribution in [0.2, 0.25) is 0 Å². The van der Waals surface area contributed by atoms with Crippen molar-refractivity contribution in [2.45, 2.75) is 6.92 Å². The molecule has 0 spiro atoms. The lowest BCUT2D eigenvalue weighted by Gasteiger charge is -2.06. The van der Waals surface area contributed by atoms with Crippen LogP contribution in [0.3, 0.4) is 0 Å². The topological polar surface area (TPSA) is 43.1 Å². The van der Waals surface area contributed by atoms with Crippen LogP contribution in [0.1, 0.15) is 5.56 Å². The first-order valence-electron chi connectivity index (χ1n) is 6.04. The van der Waals surface area contributed by atoms with Gasteiger partial charge in [0.25, 0.3) is 0 Å². The molecule has 1 aromatic heterocycles. The van der Waals surface area contributed by atoms with Crippen LogP contribution in [0.25, 0.3) is 21.2 Å². The lowest BCUT2D eigenvalue weighted by molar-refractivity contribution is 1.46. The molecule has 0 saturated carbocycles. The van der Waals surface area contributed by atoms with Crippen LogP contribution in [-0.4, -0.2) is 0 Å². The standard InChI is InChI=1S/C16H13NOS/c1-10-4-2-3-5-13(10)14-9-11-8-12(17)6-7-15(11)19-16(14)18/h2-9H,17H2,1H3. The number of nitrogens with two attached hydrogens (primary N) is 1. The molecule has 0 aliphatic rings. The number of hydrogen-bond donors (Lipinski definition) is 1. The van der Waals surface area contributed by atoms with Gasteiger partial charge in [-0.15, -0.1) is 0 Å². The van der Waals surface area contributed by atoms with Crippen LogP contribution in [-0.2, 0) is 0 Å². The average molecular weight is 267 g/mol. The van der Waals surface area contributed by atoms with Crippen molar-refractivity contribution in [3.8, 4) is 11.1 Å². The zero-order valence-corrected chi connectivity index (χ0v) is 11.3. The number of nitrogen functional groups attached to an aromatic ring is 1. The van der Waals surface area contributed by atoms with Crippen LogP contribution in [0.15, 0.2) is 53.3 Å². The second-order valence-corrected chi connectivity index (χ2v) is 5.57. The zero-order valence-electron chi connectivity index (χ0n) is 10.5. The Balaban J connectivity index is 2.33. The normalized spacial score (nSPS) is 10.8. The van der Waals surface area contributed by atoms with Gasteiger partial charge in [-0.3, -0.25) is 4.79 Å². The van der Waals surface area contributed by atoms with Crippen LogP contribution in [0.5, 0.6) is 0 Å². The van der Waals surface area contributed by atoms with Crippen molar-refractivity contribution in [1.82, 2.24) is 0 Å². The molecular formula is C16H13NOS. The maximum Gasteiger partial charge on any atom is 0.240 e. The molecule has 2 nitrogen and oxygen atoms in total. The monoisotopic (exact) mass is 267 g/mol. The quantitative estimate of drug-likeness (QED) is 0.681. The molecule has 1 heterocycles. The average Bonchev–Trinajstić information content (AvgIpc) is 2.39. The fraction of sp³-hybridized carbons (Fsp3) is 0.0625. The van der Waals surface area contributed by atoms with E-state index in [1.165, 1.54) is 11.3 Å². The molecule has 0 amide bonds. The Morgan fingerprint density at radius 3 is 2.58 bits per heavy atom. The molecule has 0 aliphatic carbocycles. The predicted octanol–water partition coefficient (Wildman–Crippen LogP) is 3.82. The molecule has 0 fully saturated rings. The summed E-state index contributed by atoms with van der Waals surface area (Å²) in [5, 5.41) is 1.02. The molecule has 0 saturated heterocycles. The summed E-state index contributed by atoms with van der Waals surface area (Å²) in [7, 11) is 0. The molecule has 0 unspecified atom stereocenters. The zero-order chi connectivity index (χ0) is 13.4. The van der Waals surface area contributed by atoms with E-state index >= 15 is 0 Å². The number of aryl methyl sites for hydroxylation is 1. The third kappa shape index (κ3) is 2.13. The van der Waals surface area contributed by atoms with Crippen molar-refractivity contribution < 1.29 is 0 Å². The minimum absolute atomic E-state index is 0.0894. The Morgan fingerprint density at radius 2 is 1.79 bits per heavy atom. The van der Waals surface area contributed by atoms with Crippen LogP contribution >= 0.6 is 11.3 Å². The number of benzene rings is 2. The first-order valence-corrected chi connectivity index (χ1v) is 6.86. The molecular weight excluding hydrogens is 254 g/mol. The van der Waals surface area contributed by atoms with Crippen molar-refractivity contribution in [2.24, 2.45) is 0 Å². The van der Waals surface area contributed by atoms with E-state index in [-0.39, 0.29) is 4.74 Å². The van der Waals surface area contributed by atoms with E-state index in [2.05, 4.69) is 0 Å². The van der Waals surface area contributed by atoms with Gasteiger partial charge < -0.3 is 5.73 Å². The van der Waals surface area contributed by atoms with E-state index in [0.29, 0.717) is 5.69 Å². The third-order valence-corrected chi connectivity index (χ3v) is 4.19. The fourth-order valence-corrected chi connectivity index (χ4v) is 3.06. The van der Waals surface area contributed by atoms with Gasteiger partial charge in [0.1, 0.15) is 0 Å². The lowest BCUT2D eigenvalue weighted by Crippen LogP contribution is -2.00. The van der Waals surface area contributed by atoms with Gasteiger partial charge in [-0.05, 0) is 47.7 Å². The number of rotatable bonds is 1. The van der Waals surface area contributed by atoms with Crippen molar-refractivity contribution in [2.75, 3.05) is 5.73 Å². The predicted molar refractivity (Wildman–Crippen MR) is 82.7 cm³/mol. The smallest absolute Gasteiger partial charge is 0.240 e. The van der Waals surface area contributed by atoms with Crippen molar-refractivity contribution >= 4 is 27.1 Å². The SMILES string of the molecule is Cc1ccccc1-c1cc2cc(N)ccc2sc1=O. The van der Waals surface area contributed by atoms with E-state index in [0.717, 1.165) is 26.8 Å². The summed E-state index contributed by atoms with van der Waals surface area (Å²) in [4.78, 5) is 12.3. The van der Waals surface area contributed by atoms with E-state index in [1.807, 2.05) is 55.5 Å². The lowest BCUT2D eigenvalue weighted by atomic mass is 10.0. The van der Waals surface area contributed by atoms with Gasteiger partial charge >= 0.3 is 0 Å². The minimum Gasteiger partial charge on any atom is -0.399 e. The van der Waals surface area contributed by atoms with Crippen LogP contribution < -0.4 is 10.5 Å². The molecule has 3 heteroatoms. The molecule has 2 N–H and O–H groups in total. The molecule has 3 rings (SSSR count). The second kappa shape index (κ2) is 4.52. The first-order chi connectivity index (χ1) is 9.15. The van der Waals surface area contributed by atoms with Gasteiger partial charge in [0, 0.05) is 16.0 Å². The van der Waals surface area contributed by atoms with Gasteiger partial charge in [-0.1, -0.05) is 35.6 Å². The molecule has 19 heavy (non-hydrogen) atoms. The van der Waals surface area contributed by atoms with E-state index in [1.54, 1.807) is 0 Å².